The summed E-state index contributed by atoms with van der Waals surface area (Å²) in [7, 11) is 0. The summed E-state index contributed by atoms with van der Waals surface area (Å²) < 4.78 is 0. The molecule has 0 spiro atoms. The van der Waals surface area contributed by atoms with Gasteiger partial charge >= 0.3 is 0 Å². The van der Waals surface area contributed by atoms with Gasteiger partial charge in [0.25, 0.3) is 0 Å². The first-order valence-corrected chi connectivity index (χ1v) is 6.69. The lowest BCUT2D eigenvalue weighted by Gasteiger charge is -1.99. The van der Waals surface area contributed by atoms with E-state index in [0.29, 0.717) is 0 Å². The minimum Gasteiger partial charge on any atom is -0.311 e. The van der Waals surface area contributed by atoms with Crippen LogP contribution in [0.15, 0.2) is 18.2 Å². The van der Waals surface area contributed by atoms with E-state index in [1.54, 1.807) is 11.3 Å². The molecule has 0 fully saturated rings. The van der Waals surface area contributed by atoms with E-state index >= 15 is 0 Å². The van der Waals surface area contributed by atoms with Crippen molar-refractivity contribution in [2.45, 2.75) is 20.4 Å². The zero-order valence-corrected chi connectivity index (χ0v) is 11.4. The van der Waals surface area contributed by atoms with Crippen molar-refractivity contribution in [2.24, 2.45) is 0 Å². The second-order valence-corrected chi connectivity index (χ2v) is 5.21. The number of nitrogens with zero attached hydrogens (tertiary/aromatic N) is 2. The third-order valence-corrected chi connectivity index (χ3v) is 3.79. The van der Waals surface area contributed by atoms with Gasteiger partial charge in [-0.1, -0.05) is 35.9 Å². The fraction of sp³-hybridized carbons (Fsp3) is 0.333. The molecule has 0 amide bonds. The monoisotopic (exact) mass is 267 g/mol. The molecule has 0 saturated carbocycles. The van der Waals surface area contributed by atoms with Crippen LogP contribution in [0.5, 0.6) is 0 Å². The molecule has 1 heterocycles. The molecule has 3 nitrogen and oxygen atoms in total. The molecule has 0 unspecified atom stereocenters. The molecule has 90 valence electrons. The van der Waals surface area contributed by atoms with Crippen molar-refractivity contribution in [3.63, 3.8) is 0 Å². The van der Waals surface area contributed by atoms with E-state index in [4.69, 9.17) is 11.6 Å². The van der Waals surface area contributed by atoms with Crippen molar-refractivity contribution in [3.8, 4) is 10.6 Å². The molecule has 0 saturated heterocycles. The molecule has 0 atom stereocenters. The van der Waals surface area contributed by atoms with Gasteiger partial charge in [0, 0.05) is 17.1 Å². The van der Waals surface area contributed by atoms with Gasteiger partial charge in [0.05, 0.1) is 0 Å². The van der Waals surface area contributed by atoms with Crippen LogP contribution in [0.2, 0.25) is 5.02 Å². The number of aromatic nitrogens is 2. The number of hydrogen-bond acceptors (Lipinski definition) is 4. The van der Waals surface area contributed by atoms with Crippen LogP contribution in [0, 0.1) is 6.92 Å². The van der Waals surface area contributed by atoms with Crippen LogP contribution in [-0.4, -0.2) is 16.7 Å². The molecule has 17 heavy (non-hydrogen) atoms. The maximum Gasteiger partial charge on any atom is 0.147 e. The SMILES string of the molecule is CCNCc1nnc(-c2ccc(Cl)c(C)c2)s1. The van der Waals surface area contributed by atoms with Crippen LogP contribution < -0.4 is 5.32 Å². The first-order valence-electron chi connectivity index (χ1n) is 5.50. The molecule has 2 rings (SSSR count). The molecule has 0 aliphatic rings. The Bertz CT molecular complexity index is 510. The maximum atomic E-state index is 6.00. The van der Waals surface area contributed by atoms with Crippen molar-refractivity contribution in [2.75, 3.05) is 6.54 Å². The lowest BCUT2D eigenvalue weighted by Crippen LogP contribution is -2.11. The highest BCUT2D eigenvalue weighted by Gasteiger charge is 2.07. The van der Waals surface area contributed by atoms with E-state index in [2.05, 4.69) is 22.4 Å². The van der Waals surface area contributed by atoms with E-state index < -0.39 is 0 Å². The van der Waals surface area contributed by atoms with Crippen LogP contribution in [0.25, 0.3) is 10.6 Å². The summed E-state index contributed by atoms with van der Waals surface area (Å²) in [6.07, 6.45) is 0. The molecule has 2 aromatic rings. The molecule has 1 N–H and O–H groups in total. The topological polar surface area (TPSA) is 37.8 Å². The van der Waals surface area contributed by atoms with Gasteiger partial charge in [0.15, 0.2) is 0 Å². The first kappa shape index (κ1) is 12.5. The van der Waals surface area contributed by atoms with Gasteiger partial charge < -0.3 is 5.32 Å². The van der Waals surface area contributed by atoms with Crippen molar-refractivity contribution in [1.29, 1.82) is 0 Å². The van der Waals surface area contributed by atoms with E-state index in [1.165, 1.54) is 0 Å². The molecule has 5 heteroatoms. The number of aryl methyl sites for hydroxylation is 1. The summed E-state index contributed by atoms with van der Waals surface area (Å²) in [5, 5.41) is 14.3. The largest absolute Gasteiger partial charge is 0.311 e. The van der Waals surface area contributed by atoms with Crippen molar-refractivity contribution in [3.05, 3.63) is 33.8 Å². The van der Waals surface area contributed by atoms with E-state index in [1.807, 2.05) is 25.1 Å². The van der Waals surface area contributed by atoms with Crippen molar-refractivity contribution < 1.29 is 0 Å². The Morgan fingerprint density at radius 2 is 2.18 bits per heavy atom. The first-order chi connectivity index (χ1) is 8.20. The van der Waals surface area contributed by atoms with E-state index in [0.717, 1.165) is 39.3 Å². The van der Waals surface area contributed by atoms with Gasteiger partial charge in [-0.05, 0) is 31.2 Å². The fourth-order valence-corrected chi connectivity index (χ4v) is 2.37. The highest BCUT2D eigenvalue weighted by Crippen LogP contribution is 2.27. The van der Waals surface area contributed by atoms with E-state index in [9.17, 15) is 0 Å². The average molecular weight is 268 g/mol. The number of halogens is 1. The average Bonchev–Trinajstić information content (AvgIpc) is 2.79. The summed E-state index contributed by atoms with van der Waals surface area (Å²) in [5.74, 6) is 0. The van der Waals surface area contributed by atoms with E-state index in [-0.39, 0.29) is 0 Å². The number of rotatable bonds is 4. The second-order valence-electron chi connectivity index (χ2n) is 3.75. The Morgan fingerprint density at radius 1 is 1.35 bits per heavy atom. The molecule has 1 aromatic carbocycles. The van der Waals surface area contributed by atoms with Crippen LogP contribution in [0.3, 0.4) is 0 Å². The summed E-state index contributed by atoms with van der Waals surface area (Å²) in [5.41, 5.74) is 2.14. The predicted molar refractivity (Wildman–Crippen MR) is 72.5 cm³/mol. The molecule has 0 aliphatic heterocycles. The zero-order valence-electron chi connectivity index (χ0n) is 9.83. The van der Waals surface area contributed by atoms with Gasteiger partial charge in [-0.2, -0.15) is 0 Å². The second kappa shape index (κ2) is 5.58. The molecule has 0 bridgehead atoms. The van der Waals surface area contributed by atoms with Crippen LogP contribution in [-0.2, 0) is 6.54 Å². The highest BCUT2D eigenvalue weighted by atomic mass is 35.5. The molecule has 0 aliphatic carbocycles. The van der Waals surface area contributed by atoms with Gasteiger partial charge in [-0.15, -0.1) is 10.2 Å². The Labute approximate surface area is 110 Å². The Morgan fingerprint density at radius 3 is 2.88 bits per heavy atom. The molecule has 1 aromatic heterocycles. The molecular formula is C12H14ClN3S. The third kappa shape index (κ3) is 3.03. The minimum atomic E-state index is 0.779. The number of nitrogens with one attached hydrogen (secondary N) is 1. The fourth-order valence-electron chi connectivity index (χ4n) is 1.45. The Balaban J connectivity index is 2.21. The lowest BCUT2D eigenvalue weighted by atomic mass is 10.1. The van der Waals surface area contributed by atoms with Crippen LogP contribution in [0.1, 0.15) is 17.5 Å². The number of hydrogen-bond donors (Lipinski definition) is 1. The quantitative estimate of drug-likeness (QED) is 0.924. The summed E-state index contributed by atoms with van der Waals surface area (Å²) in [6.45, 7) is 5.78. The molecular weight excluding hydrogens is 254 g/mol. The minimum absolute atomic E-state index is 0.779. The predicted octanol–water partition coefficient (Wildman–Crippen LogP) is 3.28. The normalized spacial score (nSPS) is 10.8. The van der Waals surface area contributed by atoms with Gasteiger partial charge in [0.1, 0.15) is 10.0 Å². The lowest BCUT2D eigenvalue weighted by molar-refractivity contribution is 0.715. The zero-order chi connectivity index (χ0) is 12.3. The molecule has 0 radical (unpaired) electrons. The highest BCUT2D eigenvalue weighted by molar-refractivity contribution is 7.14. The Kier molecular flexibility index (Phi) is 4.10. The Hall–Kier alpha value is -0.970. The summed E-state index contributed by atoms with van der Waals surface area (Å²) in [6, 6.07) is 5.92. The number of benzene rings is 1. The van der Waals surface area contributed by atoms with Crippen LogP contribution >= 0.6 is 22.9 Å². The summed E-state index contributed by atoms with van der Waals surface area (Å²) in [4.78, 5) is 0. The van der Waals surface area contributed by atoms with Crippen molar-refractivity contribution in [1.82, 2.24) is 15.5 Å². The smallest absolute Gasteiger partial charge is 0.147 e. The maximum absolute atomic E-state index is 6.00. The van der Waals surface area contributed by atoms with Gasteiger partial charge in [0.2, 0.25) is 0 Å². The van der Waals surface area contributed by atoms with Crippen molar-refractivity contribution >= 4 is 22.9 Å². The van der Waals surface area contributed by atoms with Gasteiger partial charge in [-0.25, -0.2) is 0 Å². The standard InChI is InChI=1S/C12H14ClN3S/c1-3-14-7-11-15-16-12(17-11)9-4-5-10(13)8(2)6-9/h4-6,14H,3,7H2,1-2H3. The van der Waals surface area contributed by atoms with Gasteiger partial charge in [-0.3, -0.25) is 0 Å². The third-order valence-electron chi connectivity index (χ3n) is 2.40. The van der Waals surface area contributed by atoms with Crippen LogP contribution in [0.4, 0.5) is 0 Å². The summed E-state index contributed by atoms with van der Waals surface area (Å²) >= 11 is 7.61.